The molecule has 0 aliphatic rings. The molecule has 0 radical (unpaired) electrons. The van der Waals surface area contributed by atoms with Gasteiger partial charge in [-0.3, -0.25) is 0 Å². The normalized spacial score (nSPS) is 10.4. The Morgan fingerprint density at radius 3 is 2.40 bits per heavy atom. The Bertz CT molecular complexity index is 618. The van der Waals surface area contributed by atoms with E-state index in [-0.39, 0.29) is 33.0 Å². The van der Waals surface area contributed by atoms with Gasteiger partial charge in [0.15, 0.2) is 0 Å². The molecule has 1 aromatic carbocycles. The van der Waals surface area contributed by atoms with Crippen LogP contribution < -0.4 is 10.1 Å². The average Bonchev–Trinajstić information content (AvgIpc) is 2.33. The topological polar surface area (TPSA) is 59.9 Å². The lowest BCUT2D eigenvalue weighted by molar-refractivity contribution is 0.312. The minimum absolute atomic E-state index is 0.0553. The van der Waals surface area contributed by atoms with Crippen molar-refractivity contribution in [3.05, 3.63) is 33.3 Å². The molecule has 0 unspecified atom stereocenters. The van der Waals surface area contributed by atoms with Crippen molar-refractivity contribution in [1.82, 2.24) is 15.0 Å². The molecular weight excluding hydrogens is 330 g/mol. The van der Waals surface area contributed by atoms with Crippen LogP contribution in [0.5, 0.6) is 6.01 Å². The van der Waals surface area contributed by atoms with E-state index in [1.807, 2.05) is 0 Å². The fourth-order valence-electron chi connectivity index (χ4n) is 1.35. The average molecular weight is 338 g/mol. The summed E-state index contributed by atoms with van der Waals surface area (Å²) in [7, 11) is 0. The molecule has 106 valence electrons. The van der Waals surface area contributed by atoms with Gasteiger partial charge in [0.2, 0.25) is 11.2 Å². The Labute approximate surface area is 129 Å². The molecule has 0 fully saturated rings. The highest BCUT2D eigenvalue weighted by atomic mass is 35.5. The molecule has 0 aliphatic heterocycles. The van der Waals surface area contributed by atoms with Crippen molar-refractivity contribution in [2.75, 3.05) is 11.9 Å². The van der Waals surface area contributed by atoms with E-state index in [0.29, 0.717) is 6.61 Å². The number of hydrogen-bond donors (Lipinski definition) is 1. The van der Waals surface area contributed by atoms with E-state index in [1.165, 1.54) is 0 Å². The summed E-state index contributed by atoms with van der Waals surface area (Å²) in [5.74, 6) is -0.460. The van der Waals surface area contributed by atoms with Crippen LogP contribution in [0.4, 0.5) is 16.0 Å². The number of nitrogens with zero attached hydrogens (tertiary/aromatic N) is 3. The van der Waals surface area contributed by atoms with Gasteiger partial charge in [0, 0.05) is 0 Å². The zero-order chi connectivity index (χ0) is 14.7. The van der Waals surface area contributed by atoms with Crippen LogP contribution in [-0.4, -0.2) is 21.6 Å². The van der Waals surface area contributed by atoms with Crippen molar-refractivity contribution in [3.8, 4) is 6.01 Å². The Hall–Kier alpha value is -1.37. The SMILES string of the molecule is CCOc1nc(Cl)nc(Nc2c(Cl)cc(F)cc2Cl)n1. The Morgan fingerprint density at radius 1 is 1.15 bits per heavy atom. The predicted molar refractivity (Wildman–Crippen MR) is 75.7 cm³/mol. The predicted octanol–water partition coefficient (Wildman–Crippen LogP) is 4.11. The third kappa shape index (κ3) is 3.59. The summed E-state index contributed by atoms with van der Waals surface area (Å²) >= 11 is 17.6. The van der Waals surface area contributed by atoms with Gasteiger partial charge < -0.3 is 10.1 Å². The van der Waals surface area contributed by atoms with Gasteiger partial charge in [-0.15, -0.1) is 0 Å². The van der Waals surface area contributed by atoms with Gasteiger partial charge in [-0.05, 0) is 30.7 Å². The monoisotopic (exact) mass is 336 g/mol. The molecule has 1 aromatic heterocycles. The van der Waals surface area contributed by atoms with Crippen molar-refractivity contribution < 1.29 is 9.13 Å². The molecule has 1 heterocycles. The molecular formula is C11H8Cl3FN4O. The minimum atomic E-state index is -0.547. The van der Waals surface area contributed by atoms with Crippen LogP contribution in [0.15, 0.2) is 12.1 Å². The van der Waals surface area contributed by atoms with E-state index in [2.05, 4.69) is 20.3 Å². The molecule has 0 aliphatic carbocycles. The van der Waals surface area contributed by atoms with Crippen molar-refractivity contribution >= 4 is 46.4 Å². The quantitative estimate of drug-likeness (QED) is 0.909. The fraction of sp³-hybridized carbons (Fsp3) is 0.182. The largest absolute Gasteiger partial charge is 0.464 e. The molecule has 0 amide bonds. The van der Waals surface area contributed by atoms with Gasteiger partial charge in [-0.2, -0.15) is 15.0 Å². The van der Waals surface area contributed by atoms with Crippen LogP contribution in [-0.2, 0) is 0 Å². The lowest BCUT2D eigenvalue weighted by atomic mass is 10.3. The highest BCUT2D eigenvalue weighted by molar-refractivity contribution is 6.39. The highest BCUT2D eigenvalue weighted by Crippen LogP contribution is 2.33. The molecule has 2 aromatic rings. The number of ether oxygens (including phenoxy) is 1. The van der Waals surface area contributed by atoms with Crippen LogP contribution in [0.25, 0.3) is 0 Å². The van der Waals surface area contributed by atoms with Crippen LogP contribution in [0.1, 0.15) is 6.92 Å². The van der Waals surface area contributed by atoms with Crippen molar-refractivity contribution in [2.24, 2.45) is 0 Å². The molecule has 0 atom stereocenters. The van der Waals surface area contributed by atoms with E-state index in [0.717, 1.165) is 12.1 Å². The summed E-state index contributed by atoms with van der Waals surface area (Å²) in [5, 5.41) is 2.87. The molecule has 5 nitrogen and oxygen atoms in total. The molecule has 9 heteroatoms. The summed E-state index contributed by atoms with van der Waals surface area (Å²) in [5.41, 5.74) is 0.263. The molecule has 2 rings (SSSR count). The van der Waals surface area contributed by atoms with Crippen LogP contribution >= 0.6 is 34.8 Å². The van der Waals surface area contributed by atoms with Crippen molar-refractivity contribution in [1.29, 1.82) is 0 Å². The summed E-state index contributed by atoms with van der Waals surface area (Å²) in [4.78, 5) is 11.6. The first-order chi connectivity index (χ1) is 9.49. The Balaban J connectivity index is 2.35. The summed E-state index contributed by atoms with van der Waals surface area (Å²) in [6.45, 7) is 2.15. The summed E-state index contributed by atoms with van der Waals surface area (Å²) < 4.78 is 18.2. The number of anilines is 2. The third-order valence-electron chi connectivity index (χ3n) is 2.10. The smallest absolute Gasteiger partial charge is 0.322 e. The van der Waals surface area contributed by atoms with Gasteiger partial charge in [0.25, 0.3) is 0 Å². The van der Waals surface area contributed by atoms with E-state index in [1.54, 1.807) is 6.92 Å². The molecule has 0 saturated heterocycles. The second-order valence-corrected chi connectivity index (χ2v) is 4.67. The summed E-state index contributed by atoms with van der Waals surface area (Å²) in [6, 6.07) is 2.29. The lowest BCUT2D eigenvalue weighted by Crippen LogP contribution is -2.04. The second-order valence-electron chi connectivity index (χ2n) is 3.51. The molecule has 0 bridgehead atoms. The Morgan fingerprint density at radius 2 is 1.80 bits per heavy atom. The maximum absolute atomic E-state index is 13.1. The zero-order valence-corrected chi connectivity index (χ0v) is 12.4. The number of aromatic nitrogens is 3. The zero-order valence-electron chi connectivity index (χ0n) is 10.1. The van der Waals surface area contributed by atoms with E-state index in [4.69, 9.17) is 39.5 Å². The molecule has 20 heavy (non-hydrogen) atoms. The number of halogens is 4. The van der Waals surface area contributed by atoms with Gasteiger partial charge in [-0.1, -0.05) is 23.2 Å². The van der Waals surface area contributed by atoms with Crippen LogP contribution in [0.2, 0.25) is 15.3 Å². The number of nitrogens with one attached hydrogen (secondary N) is 1. The molecule has 0 saturated carbocycles. The highest BCUT2D eigenvalue weighted by Gasteiger charge is 2.12. The molecule has 1 N–H and O–H groups in total. The first kappa shape index (κ1) is 15.0. The van der Waals surface area contributed by atoms with E-state index < -0.39 is 5.82 Å². The maximum Gasteiger partial charge on any atom is 0.322 e. The molecule has 0 spiro atoms. The van der Waals surface area contributed by atoms with Crippen LogP contribution in [0.3, 0.4) is 0 Å². The van der Waals surface area contributed by atoms with Crippen molar-refractivity contribution in [3.63, 3.8) is 0 Å². The van der Waals surface area contributed by atoms with Gasteiger partial charge in [-0.25, -0.2) is 4.39 Å². The lowest BCUT2D eigenvalue weighted by Gasteiger charge is -2.10. The van der Waals surface area contributed by atoms with E-state index in [9.17, 15) is 4.39 Å². The number of benzene rings is 1. The second kappa shape index (κ2) is 6.39. The number of rotatable bonds is 4. The maximum atomic E-state index is 13.1. The first-order valence-corrected chi connectivity index (χ1v) is 6.59. The standard InChI is InChI=1S/C11H8Cl3FN4O/c1-2-20-11-18-9(14)17-10(19-11)16-8-6(12)3-5(15)4-7(8)13/h3-4H,2H2,1H3,(H,16,17,18,19). The third-order valence-corrected chi connectivity index (χ3v) is 2.87. The first-order valence-electron chi connectivity index (χ1n) is 5.45. The van der Waals surface area contributed by atoms with Gasteiger partial charge in [0.05, 0.1) is 22.3 Å². The van der Waals surface area contributed by atoms with Crippen LogP contribution in [0, 0.1) is 5.82 Å². The van der Waals surface area contributed by atoms with Crippen molar-refractivity contribution in [2.45, 2.75) is 6.92 Å². The van der Waals surface area contributed by atoms with E-state index >= 15 is 0 Å². The minimum Gasteiger partial charge on any atom is -0.464 e. The van der Waals surface area contributed by atoms with Gasteiger partial charge >= 0.3 is 6.01 Å². The fourth-order valence-corrected chi connectivity index (χ4v) is 2.06. The summed E-state index contributed by atoms with van der Waals surface area (Å²) in [6.07, 6.45) is 0. The number of hydrogen-bond acceptors (Lipinski definition) is 5. The Kier molecular flexibility index (Phi) is 4.80. The van der Waals surface area contributed by atoms with Gasteiger partial charge in [0.1, 0.15) is 5.82 Å².